The summed E-state index contributed by atoms with van der Waals surface area (Å²) in [6.07, 6.45) is 7.52. The van der Waals surface area contributed by atoms with Gasteiger partial charge in [0.15, 0.2) is 0 Å². The highest BCUT2D eigenvalue weighted by Gasteiger charge is 2.29. The van der Waals surface area contributed by atoms with Crippen molar-refractivity contribution in [2.75, 3.05) is 18.4 Å². The Morgan fingerprint density at radius 1 is 1.10 bits per heavy atom. The second kappa shape index (κ2) is 8.41. The fraction of sp³-hybridized carbons (Fsp3) is 0.375. The number of carbonyl (C=O) groups is 2. The highest BCUT2D eigenvalue weighted by Crippen LogP contribution is 2.30. The smallest absolute Gasteiger partial charge is 0.227 e. The number of nitrogens with one attached hydrogen (secondary N) is 2. The van der Waals surface area contributed by atoms with Crippen LogP contribution in [-0.4, -0.2) is 45.9 Å². The lowest BCUT2D eigenvalue weighted by molar-refractivity contribution is -0.132. The second-order valence-corrected chi connectivity index (χ2v) is 8.38. The topological polar surface area (TPSA) is 87.3 Å². The fourth-order valence-corrected chi connectivity index (χ4v) is 4.06. The third-order valence-corrected chi connectivity index (χ3v) is 6.05. The molecule has 3 aromatic rings. The Balaban J connectivity index is 1.11. The van der Waals surface area contributed by atoms with Gasteiger partial charge in [-0.3, -0.25) is 9.59 Å². The predicted molar refractivity (Wildman–Crippen MR) is 118 cm³/mol. The van der Waals surface area contributed by atoms with E-state index in [-0.39, 0.29) is 23.8 Å². The highest BCUT2D eigenvalue weighted by molar-refractivity contribution is 5.93. The van der Waals surface area contributed by atoms with Gasteiger partial charge in [0.25, 0.3) is 0 Å². The molecular weight excluding hydrogens is 392 g/mol. The number of likely N-dealkylation sites (tertiary alicyclic amines) is 1. The van der Waals surface area contributed by atoms with Crippen LogP contribution in [0.4, 0.5) is 5.69 Å². The lowest BCUT2D eigenvalue weighted by Gasteiger charge is -2.32. The number of pyridine rings is 1. The maximum atomic E-state index is 12.8. The van der Waals surface area contributed by atoms with Crippen molar-refractivity contribution in [1.29, 1.82) is 0 Å². The van der Waals surface area contributed by atoms with E-state index in [0.29, 0.717) is 31.1 Å². The van der Waals surface area contributed by atoms with Gasteiger partial charge < -0.3 is 19.9 Å². The van der Waals surface area contributed by atoms with Gasteiger partial charge in [-0.1, -0.05) is 18.2 Å². The number of H-pyrrole nitrogens is 1. The summed E-state index contributed by atoms with van der Waals surface area (Å²) in [4.78, 5) is 34.1. The molecule has 2 aliphatic rings. The van der Waals surface area contributed by atoms with Crippen molar-refractivity contribution in [3.8, 4) is 5.88 Å². The number of piperidine rings is 1. The van der Waals surface area contributed by atoms with Crippen LogP contribution >= 0.6 is 0 Å². The van der Waals surface area contributed by atoms with E-state index in [1.165, 1.54) is 0 Å². The number of aromatic amines is 1. The Morgan fingerprint density at radius 2 is 1.90 bits per heavy atom. The minimum atomic E-state index is 0.0385. The molecule has 3 heterocycles. The quantitative estimate of drug-likeness (QED) is 0.641. The van der Waals surface area contributed by atoms with Crippen LogP contribution in [-0.2, 0) is 16.0 Å². The number of benzene rings is 1. The van der Waals surface area contributed by atoms with E-state index < -0.39 is 0 Å². The maximum Gasteiger partial charge on any atom is 0.227 e. The average Bonchev–Trinajstić information content (AvgIpc) is 3.58. The molecule has 0 bridgehead atoms. The van der Waals surface area contributed by atoms with Gasteiger partial charge in [-0.15, -0.1) is 0 Å². The number of fused-ring (bicyclic) bond motifs is 1. The Morgan fingerprint density at radius 3 is 2.65 bits per heavy atom. The van der Waals surface area contributed by atoms with Crippen LogP contribution in [0.15, 0.2) is 48.8 Å². The van der Waals surface area contributed by atoms with Crippen LogP contribution in [0, 0.1) is 5.92 Å². The average molecular weight is 418 g/mol. The number of ether oxygens (including phenoxy) is 1. The summed E-state index contributed by atoms with van der Waals surface area (Å²) >= 11 is 0. The summed E-state index contributed by atoms with van der Waals surface area (Å²) in [5.74, 6) is 0.935. The molecule has 2 aromatic heterocycles. The van der Waals surface area contributed by atoms with E-state index in [4.69, 9.17) is 4.74 Å². The first-order valence-corrected chi connectivity index (χ1v) is 10.9. The zero-order chi connectivity index (χ0) is 21.2. The molecule has 0 spiro atoms. The summed E-state index contributed by atoms with van der Waals surface area (Å²) in [5, 5.41) is 3.99. The molecule has 2 amide bonds. The number of anilines is 1. The molecule has 0 radical (unpaired) electrons. The van der Waals surface area contributed by atoms with Crippen molar-refractivity contribution < 1.29 is 14.3 Å². The van der Waals surface area contributed by atoms with Gasteiger partial charge >= 0.3 is 0 Å². The third-order valence-electron chi connectivity index (χ3n) is 6.05. The van der Waals surface area contributed by atoms with E-state index >= 15 is 0 Å². The Bertz CT molecular complexity index is 1080. The molecule has 31 heavy (non-hydrogen) atoms. The standard InChI is InChI=1S/C24H26N4O3/c29-23(13-17-14-25-21-4-2-1-3-20(17)21)28-11-9-19(10-12-28)31-22-8-7-18(15-26-22)27-24(30)16-5-6-16/h1-4,7-8,14-16,19,25H,5-6,9-13H2,(H,27,30). The minimum Gasteiger partial charge on any atom is -0.474 e. The van der Waals surface area contributed by atoms with Crippen LogP contribution in [0.2, 0.25) is 0 Å². The lowest BCUT2D eigenvalue weighted by atomic mass is 10.1. The van der Waals surface area contributed by atoms with Gasteiger partial charge in [-0.25, -0.2) is 4.98 Å². The number of para-hydroxylation sites is 1. The van der Waals surface area contributed by atoms with E-state index in [1.807, 2.05) is 41.4 Å². The van der Waals surface area contributed by atoms with Crippen LogP contribution in [0.1, 0.15) is 31.2 Å². The van der Waals surface area contributed by atoms with Crippen LogP contribution in [0.5, 0.6) is 5.88 Å². The normalized spacial score (nSPS) is 17.0. The van der Waals surface area contributed by atoms with Crippen molar-refractivity contribution in [3.05, 3.63) is 54.4 Å². The summed E-state index contributed by atoms with van der Waals surface area (Å²) in [5.41, 5.74) is 2.79. The molecule has 5 rings (SSSR count). The summed E-state index contributed by atoms with van der Waals surface area (Å²) in [6, 6.07) is 11.7. The third kappa shape index (κ3) is 4.55. The van der Waals surface area contributed by atoms with Crippen LogP contribution in [0.25, 0.3) is 10.9 Å². The number of aromatic nitrogens is 2. The number of amides is 2. The fourth-order valence-electron chi connectivity index (χ4n) is 4.06. The first kappa shape index (κ1) is 19.6. The highest BCUT2D eigenvalue weighted by atomic mass is 16.5. The van der Waals surface area contributed by atoms with E-state index in [9.17, 15) is 9.59 Å². The van der Waals surface area contributed by atoms with Crippen molar-refractivity contribution in [2.24, 2.45) is 5.92 Å². The lowest BCUT2D eigenvalue weighted by Crippen LogP contribution is -2.42. The molecular formula is C24H26N4O3. The molecule has 160 valence electrons. The monoisotopic (exact) mass is 418 g/mol. The Kier molecular flexibility index (Phi) is 5.32. The summed E-state index contributed by atoms with van der Waals surface area (Å²) in [6.45, 7) is 1.36. The van der Waals surface area contributed by atoms with E-state index in [1.54, 1.807) is 12.3 Å². The van der Waals surface area contributed by atoms with Gasteiger partial charge in [0.2, 0.25) is 17.7 Å². The molecule has 2 fully saturated rings. The molecule has 1 aromatic carbocycles. The van der Waals surface area contributed by atoms with Crippen LogP contribution in [0.3, 0.4) is 0 Å². The number of hydrogen-bond donors (Lipinski definition) is 2. The minimum absolute atomic E-state index is 0.0385. The molecule has 1 aliphatic carbocycles. The van der Waals surface area contributed by atoms with Crippen LogP contribution < -0.4 is 10.1 Å². The zero-order valence-electron chi connectivity index (χ0n) is 17.3. The molecule has 1 saturated carbocycles. The molecule has 1 saturated heterocycles. The van der Waals surface area contributed by atoms with Gasteiger partial charge in [0.1, 0.15) is 6.10 Å². The van der Waals surface area contributed by atoms with Crippen molar-refractivity contribution in [2.45, 2.75) is 38.2 Å². The Labute approximate surface area is 180 Å². The predicted octanol–water partition coefficient (Wildman–Crippen LogP) is 3.52. The summed E-state index contributed by atoms with van der Waals surface area (Å²) < 4.78 is 6.00. The molecule has 0 unspecified atom stereocenters. The molecule has 0 atom stereocenters. The van der Waals surface area contributed by atoms with Gasteiger partial charge in [-0.2, -0.15) is 0 Å². The van der Waals surface area contributed by atoms with Crippen molar-refractivity contribution in [1.82, 2.24) is 14.9 Å². The molecule has 2 N–H and O–H groups in total. The van der Waals surface area contributed by atoms with Gasteiger partial charge in [0, 0.05) is 55.0 Å². The van der Waals surface area contributed by atoms with E-state index in [0.717, 1.165) is 42.1 Å². The number of hydrogen-bond acceptors (Lipinski definition) is 4. The van der Waals surface area contributed by atoms with E-state index in [2.05, 4.69) is 15.3 Å². The molecule has 1 aliphatic heterocycles. The largest absolute Gasteiger partial charge is 0.474 e. The molecule has 7 nitrogen and oxygen atoms in total. The molecule has 7 heteroatoms. The zero-order valence-corrected chi connectivity index (χ0v) is 17.3. The first-order valence-electron chi connectivity index (χ1n) is 10.9. The number of nitrogens with zero attached hydrogens (tertiary/aromatic N) is 2. The second-order valence-electron chi connectivity index (χ2n) is 8.38. The SMILES string of the molecule is O=C(Nc1ccc(OC2CCN(C(=O)Cc3c[nH]c4ccccc34)CC2)nc1)C1CC1. The summed E-state index contributed by atoms with van der Waals surface area (Å²) in [7, 11) is 0. The first-order chi connectivity index (χ1) is 15.2. The van der Waals surface area contributed by atoms with Gasteiger partial charge in [0.05, 0.1) is 18.3 Å². The van der Waals surface area contributed by atoms with Crippen molar-refractivity contribution in [3.63, 3.8) is 0 Å². The maximum absolute atomic E-state index is 12.8. The Hall–Kier alpha value is -3.35. The number of rotatable bonds is 6. The van der Waals surface area contributed by atoms with Crippen molar-refractivity contribution >= 4 is 28.4 Å². The number of carbonyl (C=O) groups excluding carboxylic acids is 2. The van der Waals surface area contributed by atoms with Gasteiger partial charge in [-0.05, 0) is 30.5 Å².